The van der Waals surface area contributed by atoms with Crippen molar-refractivity contribution in [3.63, 3.8) is 0 Å². The Hall–Kier alpha value is -3.09. The van der Waals surface area contributed by atoms with Crippen LogP contribution in [0.2, 0.25) is 0 Å². The van der Waals surface area contributed by atoms with E-state index >= 15 is 0 Å². The topological polar surface area (TPSA) is 102 Å². The fourth-order valence-corrected chi connectivity index (χ4v) is 4.22. The maximum atomic E-state index is 13.5. The molecule has 7 nitrogen and oxygen atoms in total. The summed E-state index contributed by atoms with van der Waals surface area (Å²) in [7, 11) is 1.26. The summed E-state index contributed by atoms with van der Waals surface area (Å²) in [5, 5.41) is 12.9. The van der Waals surface area contributed by atoms with Gasteiger partial charge in [0.05, 0.1) is 19.3 Å². The highest BCUT2D eigenvalue weighted by molar-refractivity contribution is 6.12. The van der Waals surface area contributed by atoms with Crippen LogP contribution in [0.4, 0.5) is 0 Å². The number of hydrogen-bond donors (Lipinski definition) is 2. The van der Waals surface area contributed by atoms with Gasteiger partial charge in [0, 0.05) is 22.9 Å². The van der Waals surface area contributed by atoms with Crippen molar-refractivity contribution >= 4 is 17.7 Å². The van der Waals surface area contributed by atoms with Gasteiger partial charge in [0.15, 0.2) is 5.78 Å². The fourth-order valence-electron chi connectivity index (χ4n) is 4.22. The predicted octanol–water partition coefficient (Wildman–Crippen LogP) is 2.96. The van der Waals surface area contributed by atoms with E-state index in [0.29, 0.717) is 40.9 Å². The van der Waals surface area contributed by atoms with Crippen LogP contribution in [0.3, 0.4) is 0 Å². The predicted molar refractivity (Wildman–Crippen MR) is 109 cm³/mol. The number of phenols is 1. The van der Waals surface area contributed by atoms with E-state index in [9.17, 15) is 19.5 Å². The molecule has 2 aliphatic rings. The lowest BCUT2D eigenvalue weighted by Crippen LogP contribution is -2.43. The zero-order chi connectivity index (χ0) is 22.0. The number of allylic oxidation sites excluding steroid dienone is 3. The third-order valence-electron chi connectivity index (χ3n) is 5.63. The van der Waals surface area contributed by atoms with Crippen molar-refractivity contribution in [3.8, 4) is 5.75 Å². The fraction of sp³-hybridized carbons (Fsp3) is 0.435. The van der Waals surface area contributed by atoms with Gasteiger partial charge in [0.2, 0.25) is 0 Å². The van der Waals surface area contributed by atoms with E-state index in [1.807, 2.05) is 13.8 Å². The maximum Gasteiger partial charge on any atom is 0.336 e. The van der Waals surface area contributed by atoms with Crippen LogP contribution >= 0.6 is 0 Å². The monoisotopic (exact) mass is 413 g/mol. The quantitative estimate of drug-likeness (QED) is 0.565. The molecule has 1 heterocycles. The molecule has 0 saturated carbocycles. The van der Waals surface area contributed by atoms with E-state index in [2.05, 4.69) is 5.32 Å². The summed E-state index contributed by atoms with van der Waals surface area (Å²) in [6.07, 6.45) is 1.15. The standard InChI is InChI=1S/C23H27NO6/c1-5-10-30-23(28)18-13(3)24-16-11-12(2)17(22(27)29-4)21(26)20(16)19(18)14-6-8-15(25)9-7-14/h6-9,12,17,19,24-25H,5,10-11H2,1-4H3/t12-,17-,19+/m0/s1. The van der Waals surface area contributed by atoms with Crippen molar-refractivity contribution in [1.29, 1.82) is 0 Å². The number of Topliss-reactive ketones (excluding diaryl/α,β-unsaturated/α-hetero) is 1. The van der Waals surface area contributed by atoms with E-state index in [-0.39, 0.29) is 24.1 Å². The van der Waals surface area contributed by atoms with Crippen LogP contribution in [-0.2, 0) is 23.9 Å². The van der Waals surface area contributed by atoms with E-state index in [1.165, 1.54) is 19.2 Å². The van der Waals surface area contributed by atoms with Gasteiger partial charge in [-0.3, -0.25) is 9.59 Å². The van der Waals surface area contributed by atoms with Crippen molar-refractivity contribution in [2.75, 3.05) is 13.7 Å². The van der Waals surface area contributed by atoms with Gasteiger partial charge in [-0.25, -0.2) is 4.79 Å². The number of hydrogen-bond acceptors (Lipinski definition) is 7. The van der Waals surface area contributed by atoms with Crippen LogP contribution < -0.4 is 5.32 Å². The lowest BCUT2D eigenvalue weighted by atomic mass is 9.69. The largest absolute Gasteiger partial charge is 0.508 e. The van der Waals surface area contributed by atoms with Crippen molar-refractivity contribution in [3.05, 3.63) is 52.4 Å². The van der Waals surface area contributed by atoms with Gasteiger partial charge < -0.3 is 19.9 Å². The number of ether oxygens (including phenoxy) is 2. The molecule has 0 aromatic heterocycles. The Labute approximate surface area is 175 Å². The lowest BCUT2D eigenvalue weighted by Gasteiger charge is -2.38. The number of methoxy groups -OCH3 is 1. The van der Waals surface area contributed by atoms with Crippen LogP contribution in [0.25, 0.3) is 0 Å². The Balaban J connectivity index is 2.15. The number of phenolic OH excluding ortho intramolecular Hbond substituents is 1. The summed E-state index contributed by atoms with van der Waals surface area (Å²) in [5.74, 6) is -3.22. The van der Waals surface area contributed by atoms with Gasteiger partial charge in [-0.15, -0.1) is 0 Å². The first kappa shape index (κ1) is 21.6. The van der Waals surface area contributed by atoms with Crippen LogP contribution in [0.1, 0.15) is 45.1 Å². The molecular weight excluding hydrogens is 386 g/mol. The SMILES string of the molecule is CCCOC(=O)C1=C(C)NC2=C(C(=O)[C@@H](C(=O)OC)[C@@H](C)C2)[C@@H]1c1ccc(O)cc1. The number of ketones is 1. The van der Waals surface area contributed by atoms with E-state index in [4.69, 9.17) is 9.47 Å². The van der Waals surface area contributed by atoms with Crippen LogP contribution in [0.5, 0.6) is 5.75 Å². The molecule has 3 atom stereocenters. The Morgan fingerprint density at radius 1 is 1.23 bits per heavy atom. The zero-order valence-electron chi connectivity index (χ0n) is 17.7. The second-order valence-corrected chi connectivity index (χ2v) is 7.76. The molecule has 2 N–H and O–H groups in total. The van der Waals surface area contributed by atoms with Crippen LogP contribution in [-0.4, -0.2) is 36.5 Å². The Bertz CT molecular complexity index is 928. The van der Waals surface area contributed by atoms with Gasteiger partial charge in [-0.05, 0) is 43.4 Å². The van der Waals surface area contributed by atoms with Crippen LogP contribution in [0, 0.1) is 11.8 Å². The van der Waals surface area contributed by atoms with Crippen LogP contribution in [0.15, 0.2) is 46.8 Å². The molecular formula is C23H27NO6. The van der Waals surface area contributed by atoms with Gasteiger partial charge in [0.1, 0.15) is 11.7 Å². The average molecular weight is 413 g/mol. The second kappa shape index (κ2) is 8.73. The van der Waals surface area contributed by atoms with E-state index < -0.39 is 23.8 Å². The zero-order valence-corrected chi connectivity index (χ0v) is 17.7. The number of dihydropyridines is 1. The second-order valence-electron chi connectivity index (χ2n) is 7.76. The lowest BCUT2D eigenvalue weighted by molar-refractivity contribution is -0.151. The summed E-state index contributed by atoms with van der Waals surface area (Å²) < 4.78 is 10.3. The number of carbonyl (C=O) groups is 3. The van der Waals surface area contributed by atoms with Crippen molar-refractivity contribution in [2.24, 2.45) is 11.8 Å². The summed E-state index contributed by atoms with van der Waals surface area (Å²) >= 11 is 0. The Morgan fingerprint density at radius 2 is 1.90 bits per heavy atom. The maximum absolute atomic E-state index is 13.5. The molecule has 7 heteroatoms. The average Bonchev–Trinajstić information content (AvgIpc) is 2.71. The molecule has 0 radical (unpaired) electrons. The molecule has 30 heavy (non-hydrogen) atoms. The highest BCUT2D eigenvalue weighted by Gasteiger charge is 2.47. The molecule has 1 aromatic rings. The summed E-state index contributed by atoms with van der Waals surface area (Å²) in [4.78, 5) is 38.8. The van der Waals surface area contributed by atoms with Crippen molar-refractivity contribution in [1.82, 2.24) is 5.32 Å². The molecule has 0 fully saturated rings. The first-order chi connectivity index (χ1) is 14.3. The minimum Gasteiger partial charge on any atom is -0.508 e. The van der Waals surface area contributed by atoms with Gasteiger partial charge in [0.25, 0.3) is 0 Å². The molecule has 160 valence electrons. The normalized spacial score (nSPS) is 23.6. The van der Waals surface area contributed by atoms with E-state index in [0.717, 1.165) is 0 Å². The van der Waals surface area contributed by atoms with E-state index in [1.54, 1.807) is 19.1 Å². The summed E-state index contributed by atoms with van der Waals surface area (Å²) in [6.45, 7) is 5.78. The number of nitrogens with one attached hydrogen (secondary N) is 1. The molecule has 3 rings (SSSR count). The van der Waals surface area contributed by atoms with Gasteiger partial charge in [-0.2, -0.15) is 0 Å². The number of esters is 2. The smallest absolute Gasteiger partial charge is 0.336 e. The Morgan fingerprint density at radius 3 is 2.50 bits per heavy atom. The van der Waals surface area contributed by atoms with Crippen molar-refractivity contribution < 1.29 is 29.0 Å². The molecule has 1 aromatic carbocycles. The summed E-state index contributed by atoms with van der Waals surface area (Å²) in [5.41, 5.74) is 2.69. The highest BCUT2D eigenvalue weighted by atomic mass is 16.5. The van der Waals surface area contributed by atoms with Crippen molar-refractivity contribution in [2.45, 2.75) is 39.5 Å². The number of aromatic hydroxyl groups is 1. The number of benzene rings is 1. The molecule has 0 bridgehead atoms. The Kier molecular flexibility index (Phi) is 6.29. The molecule has 0 unspecified atom stereocenters. The third-order valence-corrected chi connectivity index (χ3v) is 5.63. The highest BCUT2D eigenvalue weighted by Crippen LogP contribution is 2.45. The molecule has 0 amide bonds. The third kappa shape index (κ3) is 3.84. The first-order valence-electron chi connectivity index (χ1n) is 10.1. The molecule has 0 saturated heterocycles. The molecule has 1 aliphatic carbocycles. The molecule has 1 aliphatic heterocycles. The number of rotatable bonds is 5. The summed E-state index contributed by atoms with van der Waals surface area (Å²) in [6, 6.07) is 6.37. The molecule has 0 spiro atoms. The van der Waals surface area contributed by atoms with Gasteiger partial charge in [-0.1, -0.05) is 26.0 Å². The minimum absolute atomic E-state index is 0.0775. The number of carbonyl (C=O) groups excluding carboxylic acids is 3. The first-order valence-corrected chi connectivity index (χ1v) is 10.1. The van der Waals surface area contributed by atoms with Gasteiger partial charge >= 0.3 is 11.9 Å². The minimum atomic E-state index is -0.929.